The van der Waals surface area contributed by atoms with Crippen molar-refractivity contribution < 1.29 is 9.34 Å². The van der Waals surface area contributed by atoms with Crippen molar-refractivity contribution in [3.8, 4) is 0 Å². The van der Waals surface area contributed by atoms with Crippen LogP contribution in [0.5, 0.6) is 0 Å². The van der Waals surface area contributed by atoms with Crippen LogP contribution in [0, 0.1) is 10.1 Å². The lowest BCUT2D eigenvalue weighted by molar-refractivity contribution is -0.383. The Kier molecular flexibility index (Phi) is 4.92. The Labute approximate surface area is 125 Å². The number of hydrogen-bond donors (Lipinski definition) is 1. The molecule has 0 radical (unpaired) electrons. The average Bonchev–Trinajstić information content (AvgIpc) is 2.85. The molecule has 1 N–H and O–H groups in total. The molecule has 0 saturated carbocycles. The molecule has 20 heavy (non-hydrogen) atoms. The second kappa shape index (κ2) is 6.67. The van der Waals surface area contributed by atoms with Gasteiger partial charge in [-0.15, -0.1) is 0 Å². The largest absolute Gasteiger partial charge is 0.463 e. The minimum absolute atomic E-state index is 0.0478. The van der Waals surface area contributed by atoms with Crippen molar-refractivity contribution in [1.82, 2.24) is 0 Å². The first-order valence-electron chi connectivity index (χ1n) is 5.84. The van der Waals surface area contributed by atoms with Gasteiger partial charge in [-0.05, 0) is 30.5 Å². The molecule has 0 bridgehead atoms. The van der Waals surface area contributed by atoms with E-state index in [1.165, 1.54) is 6.07 Å². The highest BCUT2D eigenvalue weighted by molar-refractivity contribution is 7.97. The second-order valence-corrected chi connectivity index (χ2v) is 5.38. The number of furan rings is 1. The number of benzene rings is 1. The van der Waals surface area contributed by atoms with Crippen LogP contribution < -0.4 is 5.32 Å². The molecule has 0 aliphatic rings. The number of hydrogen-bond acceptors (Lipinski definition) is 5. The molecule has 1 aromatic heterocycles. The van der Waals surface area contributed by atoms with Crippen LogP contribution in [0.4, 0.5) is 11.4 Å². The third-order valence-corrected chi connectivity index (χ3v) is 3.42. The summed E-state index contributed by atoms with van der Waals surface area (Å²) in [6.07, 6.45) is 2.00. The number of thioether (sulfide) groups is 1. The first-order valence-corrected chi connectivity index (χ1v) is 7.61. The lowest BCUT2D eigenvalue weighted by Gasteiger charge is -2.05. The topological polar surface area (TPSA) is 68.3 Å². The van der Waals surface area contributed by atoms with Gasteiger partial charge in [0.05, 0.1) is 17.2 Å². The maximum absolute atomic E-state index is 11.0. The van der Waals surface area contributed by atoms with Crippen molar-refractivity contribution in [2.75, 3.05) is 11.6 Å². The van der Waals surface area contributed by atoms with E-state index >= 15 is 0 Å². The average molecular weight is 313 g/mol. The van der Waals surface area contributed by atoms with Gasteiger partial charge in [0.2, 0.25) is 0 Å². The van der Waals surface area contributed by atoms with Crippen molar-refractivity contribution in [3.05, 3.63) is 57.0 Å². The molecule has 106 valence electrons. The first-order chi connectivity index (χ1) is 9.60. The van der Waals surface area contributed by atoms with E-state index in [4.69, 9.17) is 16.0 Å². The van der Waals surface area contributed by atoms with Crippen LogP contribution in [-0.2, 0) is 12.3 Å². The van der Waals surface area contributed by atoms with Gasteiger partial charge in [-0.25, -0.2) is 0 Å². The molecule has 0 spiro atoms. The van der Waals surface area contributed by atoms with Crippen LogP contribution in [0.25, 0.3) is 0 Å². The SMILES string of the molecule is CSCc1ccc(CNc2ccc(Cl)cc2[N+](=O)[O-])o1. The molecule has 5 nitrogen and oxygen atoms in total. The van der Waals surface area contributed by atoms with Gasteiger partial charge >= 0.3 is 0 Å². The van der Waals surface area contributed by atoms with Crippen molar-refractivity contribution in [2.45, 2.75) is 12.3 Å². The lowest BCUT2D eigenvalue weighted by atomic mass is 10.2. The molecule has 7 heteroatoms. The van der Waals surface area contributed by atoms with E-state index in [1.807, 2.05) is 18.4 Å². The number of nitrogens with one attached hydrogen (secondary N) is 1. The zero-order chi connectivity index (χ0) is 14.5. The molecule has 0 aliphatic heterocycles. The Morgan fingerprint density at radius 3 is 2.80 bits per heavy atom. The number of rotatable bonds is 6. The summed E-state index contributed by atoms with van der Waals surface area (Å²) in [6, 6.07) is 8.29. The Balaban J connectivity index is 2.08. The van der Waals surface area contributed by atoms with E-state index in [1.54, 1.807) is 23.9 Å². The highest BCUT2D eigenvalue weighted by Gasteiger charge is 2.14. The van der Waals surface area contributed by atoms with E-state index in [0.29, 0.717) is 17.3 Å². The molecule has 0 amide bonds. The maximum Gasteiger partial charge on any atom is 0.293 e. The molecule has 1 heterocycles. The Bertz CT molecular complexity index is 615. The maximum atomic E-state index is 11.0. The number of nitrogens with zero attached hydrogens (tertiary/aromatic N) is 1. The van der Waals surface area contributed by atoms with E-state index in [-0.39, 0.29) is 5.69 Å². The molecule has 1 aromatic carbocycles. The number of nitro benzene ring substituents is 1. The van der Waals surface area contributed by atoms with E-state index in [9.17, 15) is 10.1 Å². The summed E-state index contributed by atoms with van der Waals surface area (Å²) in [5.74, 6) is 2.43. The van der Waals surface area contributed by atoms with Crippen molar-refractivity contribution in [3.63, 3.8) is 0 Å². The normalized spacial score (nSPS) is 10.5. The van der Waals surface area contributed by atoms with Gasteiger partial charge in [-0.3, -0.25) is 10.1 Å². The number of anilines is 1. The highest BCUT2D eigenvalue weighted by atomic mass is 35.5. The predicted octanol–water partition coefficient (Wildman–Crippen LogP) is 4.32. The molecule has 0 atom stereocenters. The van der Waals surface area contributed by atoms with Crippen LogP contribution in [0.15, 0.2) is 34.7 Å². The highest BCUT2D eigenvalue weighted by Crippen LogP contribution is 2.28. The van der Waals surface area contributed by atoms with Gasteiger partial charge < -0.3 is 9.73 Å². The van der Waals surface area contributed by atoms with E-state index in [0.717, 1.165) is 17.3 Å². The van der Waals surface area contributed by atoms with Crippen LogP contribution in [0.3, 0.4) is 0 Å². The third-order valence-electron chi connectivity index (χ3n) is 2.61. The molecule has 0 fully saturated rings. The minimum atomic E-state index is -0.463. The number of halogens is 1. The zero-order valence-corrected chi connectivity index (χ0v) is 12.3. The van der Waals surface area contributed by atoms with Crippen LogP contribution >= 0.6 is 23.4 Å². The van der Waals surface area contributed by atoms with Crippen LogP contribution in [0.1, 0.15) is 11.5 Å². The molecular weight excluding hydrogens is 300 g/mol. The summed E-state index contributed by atoms with van der Waals surface area (Å²) in [4.78, 5) is 10.5. The third kappa shape index (κ3) is 3.68. The fourth-order valence-electron chi connectivity index (χ4n) is 1.72. The van der Waals surface area contributed by atoms with Gasteiger partial charge in [0.25, 0.3) is 5.69 Å². The summed E-state index contributed by atoms with van der Waals surface area (Å²) in [6.45, 7) is 0.386. The Morgan fingerprint density at radius 2 is 2.10 bits per heavy atom. The fourth-order valence-corrected chi connectivity index (χ4v) is 2.33. The molecule has 2 aromatic rings. The van der Waals surface area contributed by atoms with Gasteiger partial charge in [0.15, 0.2) is 0 Å². The summed E-state index contributed by atoms with van der Waals surface area (Å²) < 4.78 is 5.59. The van der Waals surface area contributed by atoms with Gasteiger partial charge in [-0.1, -0.05) is 11.6 Å². The predicted molar refractivity (Wildman–Crippen MR) is 81.4 cm³/mol. The van der Waals surface area contributed by atoms with Crippen molar-refractivity contribution in [1.29, 1.82) is 0 Å². The molecule has 0 aliphatic carbocycles. The standard InChI is InChI=1S/C13H13ClN2O3S/c1-20-8-11-4-3-10(19-11)7-15-12-5-2-9(14)6-13(12)16(17)18/h2-6,15H,7-8H2,1H3. The Hall–Kier alpha value is -1.66. The quantitative estimate of drug-likeness (QED) is 0.635. The van der Waals surface area contributed by atoms with Crippen LogP contribution in [-0.4, -0.2) is 11.2 Å². The molecule has 0 saturated heterocycles. The lowest BCUT2D eigenvalue weighted by Crippen LogP contribution is -2.01. The fraction of sp³-hybridized carbons (Fsp3) is 0.231. The monoisotopic (exact) mass is 312 g/mol. The summed E-state index contributed by atoms with van der Waals surface area (Å²) in [5.41, 5.74) is 0.371. The summed E-state index contributed by atoms with van der Waals surface area (Å²) in [7, 11) is 0. The smallest absolute Gasteiger partial charge is 0.293 e. The summed E-state index contributed by atoms with van der Waals surface area (Å²) >= 11 is 7.44. The first kappa shape index (κ1) is 14.7. The minimum Gasteiger partial charge on any atom is -0.463 e. The van der Waals surface area contributed by atoms with E-state index < -0.39 is 4.92 Å². The zero-order valence-electron chi connectivity index (χ0n) is 10.8. The van der Waals surface area contributed by atoms with Crippen molar-refractivity contribution in [2.24, 2.45) is 0 Å². The molecule has 2 rings (SSSR count). The van der Waals surface area contributed by atoms with Crippen molar-refractivity contribution >= 4 is 34.7 Å². The van der Waals surface area contributed by atoms with Gasteiger partial charge in [-0.2, -0.15) is 11.8 Å². The number of nitro groups is 1. The molecular formula is C13H13ClN2O3S. The van der Waals surface area contributed by atoms with Gasteiger partial charge in [0.1, 0.15) is 17.2 Å². The van der Waals surface area contributed by atoms with Crippen LogP contribution in [0.2, 0.25) is 5.02 Å². The second-order valence-electron chi connectivity index (χ2n) is 4.07. The summed E-state index contributed by atoms with van der Waals surface area (Å²) in [5, 5.41) is 14.3. The van der Waals surface area contributed by atoms with Gasteiger partial charge in [0, 0.05) is 11.1 Å². The molecule has 0 unspecified atom stereocenters. The Morgan fingerprint density at radius 1 is 1.35 bits per heavy atom. The van der Waals surface area contributed by atoms with E-state index in [2.05, 4.69) is 5.32 Å².